The van der Waals surface area contributed by atoms with E-state index in [1.807, 2.05) is 39.0 Å². The molecule has 0 atom stereocenters. The van der Waals surface area contributed by atoms with E-state index in [0.717, 1.165) is 31.4 Å². The molecule has 0 fully saturated rings. The van der Waals surface area contributed by atoms with Crippen molar-refractivity contribution in [1.82, 2.24) is 0 Å². The van der Waals surface area contributed by atoms with Crippen LogP contribution in [0.4, 0.5) is 5.69 Å². The van der Waals surface area contributed by atoms with E-state index in [9.17, 15) is 9.59 Å². The van der Waals surface area contributed by atoms with Crippen LogP contribution in [0.25, 0.3) is 0 Å². The van der Waals surface area contributed by atoms with E-state index in [0.29, 0.717) is 18.6 Å². The molecule has 0 saturated heterocycles. The van der Waals surface area contributed by atoms with Crippen molar-refractivity contribution >= 4 is 17.4 Å². The fourth-order valence-corrected chi connectivity index (χ4v) is 2.15. The minimum absolute atomic E-state index is 0.0411. The predicted molar refractivity (Wildman–Crippen MR) is 87.4 cm³/mol. The first-order valence-electron chi connectivity index (χ1n) is 7.94. The Labute approximate surface area is 128 Å². The van der Waals surface area contributed by atoms with Crippen LogP contribution in [0, 0.1) is 5.92 Å². The highest BCUT2D eigenvalue weighted by Gasteiger charge is 2.06. The number of hydrogen-bond acceptors (Lipinski definition) is 2. The highest BCUT2D eigenvalue weighted by Crippen LogP contribution is 2.14. The third kappa shape index (κ3) is 7.07. The standard InChI is InChI=1S/C18H27NO2/c1-4-18(21)19-16-11-8-10-15(13-16)9-6-5-7-12-17(20)14(2)3/h8,10-11,13-14H,4-7,9,12H2,1-3H3,(H,19,21). The van der Waals surface area contributed by atoms with Crippen LogP contribution in [0.15, 0.2) is 24.3 Å². The Balaban J connectivity index is 2.30. The fourth-order valence-electron chi connectivity index (χ4n) is 2.15. The van der Waals surface area contributed by atoms with E-state index in [1.54, 1.807) is 0 Å². The summed E-state index contributed by atoms with van der Waals surface area (Å²) in [6.45, 7) is 5.76. The molecule has 21 heavy (non-hydrogen) atoms. The molecule has 116 valence electrons. The highest BCUT2D eigenvalue weighted by molar-refractivity contribution is 5.90. The number of nitrogens with one attached hydrogen (secondary N) is 1. The van der Waals surface area contributed by atoms with Gasteiger partial charge in [0, 0.05) is 24.4 Å². The summed E-state index contributed by atoms with van der Waals surface area (Å²) in [5.41, 5.74) is 2.11. The molecule has 1 amide bonds. The van der Waals surface area contributed by atoms with Crippen LogP contribution in [0.1, 0.15) is 58.4 Å². The van der Waals surface area contributed by atoms with E-state index in [4.69, 9.17) is 0 Å². The van der Waals surface area contributed by atoms with Crippen LogP contribution in [0.5, 0.6) is 0 Å². The number of aryl methyl sites for hydroxylation is 1. The lowest BCUT2D eigenvalue weighted by molar-refractivity contribution is -0.122. The number of anilines is 1. The van der Waals surface area contributed by atoms with Gasteiger partial charge in [-0.3, -0.25) is 9.59 Å². The summed E-state index contributed by atoms with van der Waals surface area (Å²) in [6.07, 6.45) is 5.31. The number of unbranched alkanes of at least 4 members (excludes halogenated alkanes) is 2. The number of hydrogen-bond donors (Lipinski definition) is 1. The summed E-state index contributed by atoms with van der Waals surface area (Å²) in [5, 5.41) is 2.88. The Bertz CT molecular complexity index is 466. The molecule has 1 aromatic carbocycles. The van der Waals surface area contributed by atoms with Gasteiger partial charge in [-0.15, -0.1) is 0 Å². The zero-order valence-electron chi connectivity index (χ0n) is 13.4. The molecule has 0 spiro atoms. The van der Waals surface area contributed by atoms with Crippen molar-refractivity contribution < 1.29 is 9.59 Å². The summed E-state index contributed by atoms with van der Waals surface area (Å²) in [7, 11) is 0. The third-order valence-corrected chi connectivity index (χ3v) is 3.56. The molecular formula is C18H27NO2. The van der Waals surface area contributed by atoms with Crippen LogP contribution in [-0.4, -0.2) is 11.7 Å². The molecule has 0 aliphatic heterocycles. The number of carbonyl (C=O) groups is 2. The fraction of sp³-hybridized carbons (Fsp3) is 0.556. The zero-order valence-corrected chi connectivity index (χ0v) is 13.4. The van der Waals surface area contributed by atoms with E-state index in [1.165, 1.54) is 5.56 Å². The summed E-state index contributed by atoms with van der Waals surface area (Å²) < 4.78 is 0. The Morgan fingerprint density at radius 1 is 1.14 bits per heavy atom. The first kappa shape index (κ1) is 17.4. The lowest BCUT2D eigenvalue weighted by atomic mass is 10.0. The molecule has 0 saturated carbocycles. The van der Waals surface area contributed by atoms with Crippen molar-refractivity contribution in [2.45, 2.75) is 59.3 Å². The number of rotatable bonds is 9. The topological polar surface area (TPSA) is 46.2 Å². The summed E-state index contributed by atoms with van der Waals surface area (Å²) in [5.74, 6) is 0.558. The average molecular weight is 289 g/mol. The average Bonchev–Trinajstić information content (AvgIpc) is 2.46. The molecule has 0 heterocycles. The maximum atomic E-state index is 11.5. The van der Waals surface area contributed by atoms with Crippen molar-refractivity contribution in [3.8, 4) is 0 Å². The lowest BCUT2D eigenvalue weighted by Crippen LogP contribution is -2.09. The van der Waals surface area contributed by atoms with Gasteiger partial charge in [-0.2, -0.15) is 0 Å². The molecule has 1 rings (SSSR count). The Morgan fingerprint density at radius 2 is 1.90 bits per heavy atom. The van der Waals surface area contributed by atoms with Crippen molar-refractivity contribution in [2.24, 2.45) is 5.92 Å². The monoisotopic (exact) mass is 289 g/mol. The predicted octanol–water partition coefficient (Wildman–Crippen LogP) is 4.36. The van der Waals surface area contributed by atoms with E-state index < -0.39 is 0 Å². The van der Waals surface area contributed by atoms with E-state index >= 15 is 0 Å². The van der Waals surface area contributed by atoms with Crippen LogP contribution in [0.3, 0.4) is 0 Å². The quantitative estimate of drug-likeness (QED) is 0.686. The summed E-state index contributed by atoms with van der Waals surface area (Å²) >= 11 is 0. The summed E-state index contributed by atoms with van der Waals surface area (Å²) in [4.78, 5) is 22.9. The molecule has 0 aliphatic carbocycles. The van der Waals surface area contributed by atoms with E-state index in [-0.39, 0.29) is 11.8 Å². The molecule has 0 aliphatic rings. The number of ketones is 1. The van der Waals surface area contributed by atoms with Gasteiger partial charge in [-0.25, -0.2) is 0 Å². The zero-order chi connectivity index (χ0) is 15.7. The van der Waals surface area contributed by atoms with Gasteiger partial charge in [0.15, 0.2) is 0 Å². The second kappa shape index (κ2) is 9.32. The van der Waals surface area contributed by atoms with Crippen molar-refractivity contribution in [3.63, 3.8) is 0 Å². The van der Waals surface area contributed by atoms with Crippen LogP contribution < -0.4 is 5.32 Å². The molecule has 3 heteroatoms. The van der Waals surface area contributed by atoms with Crippen molar-refractivity contribution in [1.29, 1.82) is 0 Å². The molecule has 1 N–H and O–H groups in total. The summed E-state index contributed by atoms with van der Waals surface area (Å²) in [6, 6.07) is 8.01. The minimum atomic E-state index is 0.0411. The number of amides is 1. The first-order valence-corrected chi connectivity index (χ1v) is 7.94. The largest absolute Gasteiger partial charge is 0.326 e. The van der Waals surface area contributed by atoms with Gasteiger partial charge in [0.25, 0.3) is 0 Å². The number of benzene rings is 1. The van der Waals surface area contributed by atoms with Gasteiger partial charge in [0.05, 0.1) is 0 Å². The van der Waals surface area contributed by atoms with Crippen LogP contribution >= 0.6 is 0 Å². The van der Waals surface area contributed by atoms with Gasteiger partial charge >= 0.3 is 0 Å². The second-order valence-corrected chi connectivity index (χ2v) is 5.78. The first-order chi connectivity index (χ1) is 10.0. The van der Waals surface area contributed by atoms with Crippen molar-refractivity contribution in [3.05, 3.63) is 29.8 Å². The van der Waals surface area contributed by atoms with Crippen molar-refractivity contribution in [2.75, 3.05) is 5.32 Å². The second-order valence-electron chi connectivity index (χ2n) is 5.78. The maximum absolute atomic E-state index is 11.5. The number of carbonyl (C=O) groups excluding carboxylic acids is 2. The molecule has 0 bridgehead atoms. The molecule has 0 radical (unpaired) electrons. The smallest absolute Gasteiger partial charge is 0.224 e. The van der Waals surface area contributed by atoms with Crippen LogP contribution in [0.2, 0.25) is 0 Å². The van der Waals surface area contributed by atoms with Gasteiger partial charge in [-0.1, -0.05) is 39.3 Å². The van der Waals surface area contributed by atoms with E-state index in [2.05, 4.69) is 11.4 Å². The SMILES string of the molecule is CCC(=O)Nc1cccc(CCCCCC(=O)C(C)C)c1. The minimum Gasteiger partial charge on any atom is -0.326 e. The Morgan fingerprint density at radius 3 is 2.57 bits per heavy atom. The van der Waals surface area contributed by atoms with Gasteiger partial charge in [-0.05, 0) is 37.0 Å². The molecule has 0 unspecified atom stereocenters. The van der Waals surface area contributed by atoms with Gasteiger partial charge in [0.2, 0.25) is 5.91 Å². The number of Topliss-reactive ketones (excluding diaryl/α,β-unsaturated/α-hetero) is 1. The Hall–Kier alpha value is -1.64. The molecule has 1 aromatic rings. The Kier molecular flexibility index (Phi) is 7.73. The van der Waals surface area contributed by atoms with Gasteiger partial charge < -0.3 is 5.32 Å². The molecule has 3 nitrogen and oxygen atoms in total. The maximum Gasteiger partial charge on any atom is 0.224 e. The molecular weight excluding hydrogens is 262 g/mol. The normalized spacial score (nSPS) is 10.7. The lowest BCUT2D eigenvalue weighted by Gasteiger charge is -2.07. The third-order valence-electron chi connectivity index (χ3n) is 3.56. The van der Waals surface area contributed by atoms with Gasteiger partial charge in [0.1, 0.15) is 5.78 Å². The highest BCUT2D eigenvalue weighted by atomic mass is 16.1. The van der Waals surface area contributed by atoms with Crippen LogP contribution in [-0.2, 0) is 16.0 Å². The molecule has 0 aromatic heterocycles.